The number of rotatable bonds is 4. The Balaban J connectivity index is 1.64. The lowest BCUT2D eigenvalue weighted by Crippen LogP contribution is -2.11. The fourth-order valence-corrected chi connectivity index (χ4v) is 2.47. The van der Waals surface area contributed by atoms with Crippen molar-refractivity contribution in [1.29, 1.82) is 0 Å². The van der Waals surface area contributed by atoms with Gasteiger partial charge in [0.1, 0.15) is 11.5 Å². The van der Waals surface area contributed by atoms with Crippen molar-refractivity contribution < 1.29 is 9.47 Å². The van der Waals surface area contributed by atoms with Crippen LogP contribution in [0, 0.1) is 0 Å². The summed E-state index contributed by atoms with van der Waals surface area (Å²) in [7, 11) is 0. The van der Waals surface area contributed by atoms with Gasteiger partial charge in [0, 0.05) is 10.9 Å². The average Bonchev–Trinajstić information content (AvgIpc) is 2.89. The van der Waals surface area contributed by atoms with E-state index in [4.69, 9.17) is 9.47 Å². The van der Waals surface area contributed by atoms with E-state index in [0.29, 0.717) is 19.1 Å². The zero-order chi connectivity index (χ0) is 13.1. The van der Waals surface area contributed by atoms with Crippen LogP contribution in [-0.2, 0) is 5.33 Å². The molecule has 1 unspecified atom stereocenters. The van der Waals surface area contributed by atoms with Crippen molar-refractivity contribution in [2.45, 2.75) is 11.2 Å². The van der Waals surface area contributed by atoms with Crippen molar-refractivity contribution in [3.05, 3.63) is 53.9 Å². The number of benzene rings is 1. The minimum Gasteiger partial charge on any atom is -0.493 e. The largest absolute Gasteiger partial charge is 0.493 e. The number of halogens is 1. The normalized spacial score (nSPS) is 16.8. The van der Waals surface area contributed by atoms with Gasteiger partial charge in [0.2, 0.25) is 0 Å². The predicted molar refractivity (Wildman–Crippen MR) is 77.0 cm³/mol. The maximum Gasteiger partial charge on any atom is 0.137 e. The van der Waals surface area contributed by atoms with E-state index < -0.39 is 0 Å². The van der Waals surface area contributed by atoms with Crippen molar-refractivity contribution in [2.24, 2.45) is 0 Å². The second-order valence-corrected chi connectivity index (χ2v) is 5.04. The van der Waals surface area contributed by atoms with E-state index >= 15 is 0 Å². The van der Waals surface area contributed by atoms with Gasteiger partial charge >= 0.3 is 0 Å². The summed E-state index contributed by atoms with van der Waals surface area (Å²) in [5, 5.41) is 0.761. The summed E-state index contributed by atoms with van der Waals surface area (Å²) >= 11 is 3.37. The molecule has 1 aliphatic heterocycles. The molecule has 3 rings (SSSR count). The molecule has 0 radical (unpaired) electrons. The Morgan fingerprint density at radius 3 is 2.95 bits per heavy atom. The first-order valence-corrected chi connectivity index (χ1v) is 7.34. The third kappa shape index (κ3) is 2.73. The summed E-state index contributed by atoms with van der Waals surface area (Å²) in [5.74, 6) is 2.07. The molecule has 0 amide bonds. The topological polar surface area (TPSA) is 31.4 Å². The second kappa shape index (κ2) is 5.61. The van der Waals surface area contributed by atoms with Crippen LogP contribution in [0.2, 0.25) is 0 Å². The smallest absolute Gasteiger partial charge is 0.137 e. The lowest BCUT2D eigenvalue weighted by molar-refractivity contribution is 0.248. The van der Waals surface area contributed by atoms with Crippen LogP contribution in [0.5, 0.6) is 11.5 Å². The summed E-state index contributed by atoms with van der Waals surface area (Å²) < 4.78 is 11.4. The molecule has 0 bridgehead atoms. The van der Waals surface area contributed by atoms with Gasteiger partial charge in [-0.05, 0) is 18.2 Å². The van der Waals surface area contributed by atoms with Crippen LogP contribution in [-0.4, -0.2) is 18.2 Å². The standard InChI is InChI=1S/C15H14BrNO2/c16-7-12-5-6-13(8-17-12)18-9-11-10-19-15-4-2-1-3-14(11)15/h1-6,8,11H,7,9-10H2. The van der Waals surface area contributed by atoms with Gasteiger partial charge in [-0.3, -0.25) is 4.98 Å². The van der Waals surface area contributed by atoms with Crippen molar-refractivity contribution in [2.75, 3.05) is 13.2 Å². The van der Waals surface area contributed by atoms with Gasteiger partial charge in [-0.25, -0.2) is 0 Å². The van der Waals surface area contributed by atoms with Crippen LogP contribution in [0.3, 0.4) is 0 Å². The third-order valence-corrected chi connectivity index (χ3v) is 3.76. The molecular formula is C15H14BrNO2. The van der Waals surface area contributed by atoms with Crippen molar-refractivity contribution in [3.63, 3.8) is 0 Å². The van der Waals surface area contributed by atoms with Crippen LogP contribution in [0.25, 0.3) is 0 Å². The van der Waals surface area contributed by atoms with E-state index in [-0.39, 0.29) is 0 Å². The van der Waals surface area contributed by atoms with Crippen LogP contribution in [0.1, 0.15) is 17.2 Å². The third-order valence-electron chi connectivity index (χ3n) is 3.18. The minimum absolute atomic E-state index is 0.298. The van der Waals surface area contributed by atoms with E-state index in [1.807, 2.05) is 30.3 Å². The molecule has 1 atom stereocenters. The van der Waals surface area contributed by atoms with Crippen LogP contribution >= 0.6 is 15.9 Å². The molecule has 1 aromatic heterocycles. The Morgan fingerprint density at radius 2 is 2.16 bits per heavy atom. The molecule has 0 aliphatic carbocycles. The number of pyridine rings is 1. The van der Waals surface area contributed by atoms with Gasteiger partial charge in [-0.1, -0.05) is 34.1 Å². The van der Waals surface area contributed by atoms with Crippen molar-refractivity contribution in [1.82, 2.24) is 4.98 Å². The molecule has 3 nitrogen and oxygen atoms in total. The molecule has 1 aromatic carbocycles. The Labute approximate surface area is 120 Å². The first-order valence-electron chi connectivity index (χ1n) is 6.22. The quantitative estimate of drug-likeness (QED) is 0.808. The molecule has 1 aliphatic rings. The molecule has 2 heterocycles. The van der Waals surface area contributed by atoms with Crippen LogP contribution in [0.15, 0.2) is 42.6 Å². The van der Waals surface area contributed by atoms with Crippen molar-refractivity contribution >= 4 is 15.9 Å². The summed E-state index contributed by atoms with van der Waals surface area (Å²) in [6.45, 7) is 1.30. The van der Waals surface area contributed by atoms with E-state index in [2.05, 4.69) is 27.0 Å². The van der Waals surface area contributed by atoms with Gasteiger partial charge in [0.05, 0.1) is 31.0 Å². The summed E-state index contributed by atoms with van der Waals surface area (Å²) in [6, 6.07) is 12.0. The molecule has 0 spiro atoms. The van der Waals surface area contributed by atoms with Gasteiger partial charge in [0.15, 0.2) is 0 Å². The maximum absolute atomic E-state index is 5.79. The highest BCUT2D eigenvalue weighted by molar-refractivity contribution is 9.08. The minimum atomic E-state index is 0.298. The molecule has 4 heteroatoms. The Bertz CT molecular complexity index is 556. The van der Waals surface area contributed by atoms with Crippen LogP contribution in [0.4, 0.5) is 0 Å². The number of fused-ring (bicyclic) bond motifs is 1. The number of hydrogen-bond donors (Lipinski definition) is 0. The highest BCUT2D eigenvalue weighted by Crippen LogP contribution is 2.33. The maximum atomic E-state index is 5.79. The zero-order valence-corrected chi connectivity index (χ0v) is 12.0. The molecular weight excluding hydrogens is 306 g/mol. The molecule has 98 valence electrons. The lowest BCUT2D eigenvalue weighted by Gasteiger charge is -2.11. The van der Waals surface area contributed by atoms with Crippen LogP contribution < -0.4 is 9.47 Å². The van der Waals surface area contributed by atoms with Crippen molar-refractivity contribution in [3.8, 4) is 11.5 Å². The van der Waals surface area contributed by atoms with Gasteiger partial charge in [-0.15, -0.1) is 0 Å². The van der Waals surface area contributed by atoms with E-state index in [1.54, 1.807) is 6.20 Å². The molecule has 0 saturated heterocycles. The highest BCUT2D eigenvalue weighted by Gasteiger charge is 2.24. The summed E-state index contributed by atoms with van der Waals surface area (Å²) in [5.41, 5.74) is 2.23. The van der Waals surface area contributed by atoms with E-state index in [1.165, 1.54) is 5.56 Å². The number of alkyl halides is 1. The molecule has 19 heavy (non-hydrogen) atoms. The molecule has 0 fully saturated rings. The fraction of sp³-hybridized carbons (Fsp3) is 0.267. The Kier molecular flexibility index (Phi) is 3.69. The fourth-order valence-electron chi connectivity index (χ4n) is 2.14. The number of nitrogens with zero attached hydrogens (tertiary/aromatic N) is 1. The van der Waals surface area contributed by atoms with Gasteiger partial charge in [-0.2, -0.15) is 0 Å². The predicted octanol–water partition coefficient (Wildman–Crippen LogP) is 3.53. The number of hydrogen-bond acceptors (Lipinski definition) is 3. The first kappa shape index (κ1) is 12.5. The summed E-state index contributed by atoms with van der Waals surface area (Å²) in [4.78, 5) is 4.28. The van der Waals surface area contributed by atoms with E-state index in [0.717, 1.165) is 22.5 Å². The SMILES string of the molecule is BrCc1ccc(OCC2COc3ccccc32)cn1. The molecule has 0 N–H and O–H groups in total. The number of aromatic nitrogens is 1. The monoisotopic (exact) mass is 319 g/mol. The first-order chi connectivity index (χ1) is 9.36. The zero-order valence-electron chi connectivity index (χ0n) is 10.4. The number of para-hydroxylation sites is 1. The summed E-state index contributed by atoms with van der Waals surface area (Å²) in [6.07, 6.45) is 1.76. The molecule has 0 saturated carbocycles. The van der Waals surface area contributed by atoms with Gasteiger partial charge in [0.25, 0.3) is 0 Å². The Morgan fingerprint density at radius 1 is 1.26 bits per heavy atom. The van der Waals surface area contributed by atoms with Gasteiger partial charge < -0.3 is 9.47 Å². The average molecular weight is 320 g/mol. The van der Waals surface area contributed by atoms with E-state index in [9.17, 15) is 0 Å². The second-order valence-electron chi connectivity index (χ2n) is 4.48. The Hall–Kier alpha value is -1.55. The highest BCUT2D eigenvalue weighted by atomic mass is 79.9. The molecule has 2 aromatic rings. The lowest BCUT2D eigenvalue weighted by atomic mass is 10.0. The number of ether oxygens (including phenoxy) is 2.